The Kier molecular flexibility index (Phi) is 4.52. The number of pyridine rings is 2. The normalized spacial score (nSPS) is 11.0. The van der Waals surface area contributed by atoms with Gasteiger partial charge in [-0.1, -0.05) is 42.5 Å². The molecule has 0 N–H and O–H groups in total. The largest absolute Gasteiger partial charge is 0.256 e. The highest BCUT2D eigenvalue weighted by Crippen LogP contribution is 2.37. The van der Waals surface area contributed by atoms with Gasteiger partial charge in [0.25, 0.3) is 0 Å². The zero-order valence-corrected chi connectivity index (χ0v) is 15.9. The predicted molar refractivity (Wildman–Crippen MR) is 116 cm³/mol. The predicted octanol–water partition coefficient (Wildman–Crippen LogP) is 6.91. The van der Waals surface area contributed by atoms with Crippen molar-refractivity contribution in [2.75, 3.05) is 0 Å². The van der Waals surface area contributed by atoms with Crippen LogP contribution in [0.15, 0.2) is 97.3 Å². The van der Waals surface area contributed by atoms with Crippen LogP contribution >= 0.6 is 0 Å². The van der Waals surface area contributed by atoms with E-state index in [0.29, 0.717) is 16.8 Å². The van der Waals surface area contributed by atoms with Crippen molar-refractivity contribution in [3.05, 3.63) is 109 Å². The van der Waals surface area contributed by atoms with Gasteiger partial charge in [-0.05, 0) is 58.3 Å². The van der Waals surface area contributed by atoms with Crippen molar-refractivity contribution in [2.45, 2.75) is 0 Å². The molecule has 0 spiro atoms. The maximum absolute atomic E-state index is 14.9. The third-order valence-electron chi connectivity index (χ3n) is 5.11. The maximum Gasteiger partial charge on any atom is 0.136 e. The van der Waals surface area contributed by atoms with Gasteiger partial charge in [0.15, 0.2) is 0 Å². The molecule has 0 aliphatic heterocycles. The number of fused-ring (bicyclic) bond motifs is 1. The van der Waals surface area contributed by atoms with Crippen LogP contribution in [0.2, 0.25) is 0 Å². The summed E-state index contributed by atoms with van der Waals surface area (Å²) < 4.78 is 29.0. The molecule has 0 saturated heterocycles. The molecule has 0 amide bonds. The van der Waals surface area contributed by atoms with Crippen LogP contribution in [0.5, 0.6) is 0 Å². The van der Waals surface area contributed by atoms with E-state index in [2.05, 4.69) is 9.97 Å². The van der Waals surface area contributed by atoms with Crippen molar-refractivity contribution in [2.24, 2.45) is 0 Å². The fourth-order valence-corrected chi connectivity index (χ4v) is 3.76. The third-order valence-corrected chi connectivity index (χ3v) is 5.11. The minimum atomic E-state index is -0.637. The number of benzene rings is 3. The molecule has 3 aromatic carbocycles. The van der Waals surface area contributed by atoms with Crippen molar-refractivity contribution < 1.29 is 8.78 Å². The fourth-order valence-electron chi connectivity index (χ4n) is 3.76. The molecule has 4 heteroatoms. The molecular formula is C26H16F2N2. The summed E-state index contributed by atoms with van der Waals surface area (Å²) in [6.45, 7) is 0. The monoisotopic (exact) mass is 394 g/mol. The van der Waals surface area contributed by atoms with Crippen LogP contribution in [0, 0.1) is 11.6 Å². The Bertz CT molecular complexity index is 1350. The Morgan fingerprint density at radius 1 is 0.600 bits per heavy atom. The molecule has 5 rings (SSSR count). The molecule has 5 aromatic rings. The molecule has 0 radical (unpaired) electrons. The van der Waals surface area contributed by atoms with Gasteiger partial charge in [0.2, 0.25) is 0 Å². The Morgan fingerprint density at radius 3 is 2.10 bits per heavy atom. The highest BCUT2D eigenvalue weighted by Gasteiger charge is 2.17. The average molecular weight is 394 g/mol. The van der Waals surface area contributed by atoms with Crippen LogP contribution in [0.1, 0.15) is 0 Å². The van der Waals surface area contributed by atoms with Gasteiger partial charge in [0, 0.05) is 29.6 Å². The van der Waals surface area contributed by atoms with Crippen molar-refractivity contribution in [3.8, 4) is 33.6 Å². The Hall–Kier alpha value is -3.92. The first-order valence-corrected chi connectivity index (χ1v) is 9.56. The molecule has 2 nitrogen and oxygen atoms in total. The molecule has 0 unspecified atom stereocenters. The van der Waals surface area contributed by atoms with Gasteiger partial charge in [-0.2, -0.15) is 0 Å². The summed E-state index contributed by atoms with van der Waals surface area (Å²) in [5.41, 5.74) is 3.73. The second-order valence-corrected chi connectivity index (χ2v) is 6.98. The smallest absolute Gasteiger partial charge is 0.136 e. The number of hydrogen-bond acceptors (Lipinski definition) is 2. The van der Waals surface area contributed by atoms with E-state index in [4.69, 9.17) is 0 Å². The Morgan fingerprint density at radius 2 is 1.37 bits per heavy atom. The molecular weight excluding hydrogens is 378 g/mol. The summed E-state index contributed by atoms with van der Waals surface area (Å²) in [5, 5.41) is 1.99. The zero-order chi connectivity index (χ0) is 20.5. The average Bonchev–Trinajstić information content (AvgIpc) is 2.79. The second kappa shape index (κ2) is 7.48. The number of halogens is 2. The van der Waals surface area contributed by atoms with E-state index in [1.165, 1.54) is 6.07 Å². The van der Waals surface area contributed by atoms with Crippen molar-refractivity contribution in [1.82, 2.24) is 9.97 Å². The van der Waals surface area contributed by atoms with E-state index in [0.717, 1.165) is 28.1 Å². The van der Waals surface area contributed by atoms with Crippen LogP contribution in [0.25, 0.3) is 44.4 Å². The molecule has 0 fully saturated rings. The Balaban J connectivity index is 1.77. The molecule has 144 valence electrons. The van der Waals surface area contributed by atoms with Crippen molar-refractivity contribution in [3.63, 3.8) is 0 Å². The van der Waals surface area contributed by atoms with Gasteiger partial charge < -0.3 is 0 Å². The minimum absolute atomic E-state index is 0.284. The summed E-state index contributed by atoms with van der Waals surface area (Å²) >= 11 is 0. The minimum Gasteiger partial charge on any atom is -0.256 e. The summed E-state index contributed by atoms with van der Waals surface area (Å²) in [6, 6.07) is 25.1. The molecule has 0 aliphatic carbocycles. The number of hydrogen-bond donors (Lipinski definition) is 0. The number of rotatable bonds is 3. The van der Waals surface area contributed by atoms with E-state index in [1.54, 1.807) is 30.6 Å². The van der Waals surface area contributed by atoms with Crippen LogP contribution in [-0.2, 0) is 0 Å². The van der Waals surface area contributed by atoms with Gasteiger partial charge in [0.1, 0.15) is 11.6 Å². The van der Waals surface area contributed by atoms with Crippen LogP contribution in [-0.4, -0.2) is 9.97 Å². The summed E-state index contributed by atoms with van der Waals surface area (Å²) in [7, 11) is 0. The highest BCUT2D eigenvalue weighted by atomic mass is 19.1. The number of aromatic nitrogens is 2. The lowest BCUT2D eigenvalue weighted by molar-refractivity contribution is 0.586. The molecule has 0 bridgehead atoms. The van der Waals surface area contributed by atoms with E-state index in [1.807, 2.05) is 54.6 Å². The van der Waals surface area contributed by atoms with E-state index >= 15 is 0 Å². The van der Waals surface area contributed by atoms with E-state index in [9.17, 15) is 8.78 Å². The maximum atomic E-state index is 14.9. The molecule has 2 heterocycles. The summed E-state index contributed by atoms with van der Waals surface area (Å²) in [6.07, 6.45) is 3.35. The molecule has 30 heavy (non-hydrogen) atoms. The van der Waals surface area contributed by atoms with Gasteiger partial charge >= 0.3 is 0 Å². The van der Waals surface area contributed by atoms with Gasteiger partial charge in [-0.15, -0.1) is 0 Å². The van der Waals surface area contributed by atoms with Crippen LogP contribution in [0.4, 0.5) is 8.78 Å². The van der Waals surface area contributed by atoms with Gasteiger partial charge in [-0.3, -0.25) is 9.97 Å². The molecule has 0 atom stereocenters. The first-order chi connectivity index (χ1) is 14.7. The van der Waals surface area contributed by atoms with E-state index < -0.39 is 11.6 Å². The van der Waals surface area contributed by atoms with Crippen LogP contribution in [0.3, 0.4) is 0 Å². The second-order valence-electron chi connectivity index (χ2n) is 6.98. The van der Waals surface area contributed by atoms with Gasteiger partial charge in [-0.25, -0.2) is 8.78 Å². The highest BCUT2D eigenvalue weighted by molar-refractivity contribution is 5.99. The summed E-state index contributed by atoms with van der Waals surface area (Å²) in [4.78, 5) is 8.75. The molecule has 0 saturated carbocycles. The topological polar surface area (TPSA) is 25.8 Å². The van der Waals surface area contributed by atoms with Crippen molar-refractivity contribution in [1.29, 1.82) is 0 Å². The lowest BCUT2D eigenvalue weighted by Gasteiger charge is -2.13. The SMILES string of the molecule is Fc1cc(F)c(-c2ccccn2)c(-c2ccc3cccc(-c4ccccn4)c3c2)c1. The lowest BCUT2D eigenvalue weighted by Crippen LogP contribution is -1.94. The van der Waals surface area contributed by atoms with Crippen LogP contribution < -0.4 is 0 Å². The third kappa shape index (κ3) is 3.22. The van der Waals surface area contributed by atoms with Crippen molar-refractivity contribution >= 4 is 10.8 Å². The molecule has 2 aromatic heterocycles. The quantitative estimate of drug-likeness (QED) is 0.332. The first-order valence-electron chi connectivity index (χ1n) is 9.56. The Labute approximate surface area is 172 Å². The standard InChI is InChI=1S/C26H16F2N2/c27-19-15-22(26(23(28)16-19)25-9-2-4-13-30-25)18-11-10-17-6-5-7-20(21(17)14-18)24-8-1-3-12-29-24/h1-16H. The molecule has 0 aliphatic rings. The lowest BCUT2D eigenvalue weighted by atomic mass is 9.93. The van der Waals surface area contributed by atoms with E-state index in [-0.39, 0.29) is 5.56 Å². The fraction of sp³-hybridized carbons (Fsp3) is 0. The first kappa shape index (κ1) is 18.1. The van der Waals surface area contributed by atoms with Gasteiger partial charge in [0.05, 0.1) is 11.4 Å². The number of nitrogens with zero attached hydrogens (tertiary/aromatic N) is 2. The summed E-state index contributed by atoms with van der Waals surface area (Å²) in [5.74, 6) is -1.26. The zero-order valence-electron chi connectivity index (χ0n) is 15.9.